The van der Waals surface area contributed by atoms with Crippen LogP contribution in [-0.4, -0.2) is 17.9 Å². The minimum atomic E-state index is 0.0963. The second kappa shape index (κ2) is 5.38. The van der Waals surface area contributed by atoms with Gasteiger partial charge in [-0.25, -0.2) is 0 Å². The molecule has 0 fully saturated rings. The van der Waals surface area contributed by atoms with E-state index in [1.54, 1.807) is 27.6 Å². The number of rotatable bonds is 3. The Morgan fingerprint density at radius 1 is 1.25 bits per heavy atom. The molecule has 0 spiro atoms. The third-order valence-electron chi connectivity index (χ3n) is 3.33. The Morgan fingerprint density at radius 2 is 2.05 bits per heavy atom. The number of aryl methyl sites for hydroxylation is 1. The highest BCUT2D eigenvalue weighted by atomic mass is 32.1. The number of amides is 1. The largest absolute Gasteiger partial charge is 0.336 e. The predicted molar refractivity (Wildman–Crippen MR) is 86.7 cm³/mol. The quantitative estimate of drug-likeness (QED) is 0.695. The van der Waals surface area contributed by atoms with Crippen LogP contribution in [-0.2, 0) is 6.54 Å². The molecule has 1 aromatic carbocycles. The lowest BCUT2D eigenvalue weighted by molar-refractivity contribution is 0.0791. The van der Waals surface area contributed by atoms with Crippen LogP contribution in [0.4, 0.5) is 0 Å². The standard InChI is InChI=1S/C16H15NOS2/c1-11-7-8-19-15(11)10-17(2)16(18)14-9-12-5-3-4-6-13(12)20-14/h3-9H,10H2,1-2H3. The molecule has 0 atom stereocenters. The molecule has 0 aliphatic carbocycles. The van der Waals surface area contributed by atoms with Crippen molar-refractivity contribution in [2.45, 2.75) is 13.5 Å². The molecular weight excluding hydrogens is 286 g/mol. The molecular formula is C16H15NOS2. The van der Waals surface area contributed by atoms with Crippen LogP contribution in [0, 0.1) is 6.92 Å². The van der Waals surface area contributed by atoms with Gasteiger partial charge in [0.05, 0.1) is 11.4 Å². The molecule has 4 heteroatoms. The zero-order chi connectivity index (χ0) is 14.1. The topological polar surface area (TPSA) is 20.3 Å². The van der Waals surface area contributed by atoms with Crippen LogP contribution in [0.2, 0.25) is 0 Å². The minimum Gasteiger partial charge on any atom is -0.336 e. The monoisotopic (exact) mass is 301 g/mol. The molecule has 102 valence electrons. The summed E-state index contributed by atoms with van der Waals surface area (Å²) in [7, 11) is 1.87. The fourth-order valence-electron chi connectivity index (χ4n) is 2.13. The van der Waals surface area contributed by atoms with Crippen molar-refractivity contribution in [1.29, 1.82) is 0 Å². The summed E-state index contributed by atoms with van der Waals surface area (Å²) < 4.78 is 1.16. The molecule has 0 unspecified atom stereocenters. The van der Waals surface area contributed by atoms with Crippen molar-refractivity contribution in [3.05, 3.63) is 57.1 Å². The number of hydrogen-bond donors (Lipinski definition) is 0. The first-order valence-corrected chi connectivity index (χ1v) is 8.12. The highest BCUT2D eigenvalue weighted by molar-refractivity contribution is 7.20. The van der Waals surface area contributed by atoms with E-state index >= 15 is 0 Å². The Balaban J connectivity index is 1.82. The summed E-state index contributed by atoms with van der Waals surface area (Å²) in [5.74, 6) is 0.0963. The van der Waals surface area contributed by atoms with Crippen molar-refractivity contribution in [2.24, 2.45) is 0 Å². The fourth-order valence-corrected chi connectivity index (χ4v) is 4.14. The Morgan fingerprint density at radius 3 is 2.75 bits per heavy atom. The molecule has 3 rings (SSSR count). The van der Waals surface area contributed by atoms with E-state index in [-0.39, 0.29) is 5.91 Å². The lowest BCUT2D eigenvalue weighted by Crippen LogP contribution is -2.25. The molecule has 2 nitrogen and oxygen atoms in total. The maximum atomic E-state index is 12.5. The van der Waals surface area contributed by atoms with Gasteiger partial charge in [-0.3, -0.25) is 4.79 Å². The van der Waals surface area contributed by atoms with E-state index < -0.39 is 0 Å². The number of hydrogen-bond acceptors (Lipinski definition) is 3. The van der Waals surface area contributed by atoms with Gasteiger partial charge >= 0.3 is 0 Å². The molecule has 2 heterocycles. The number of thiophene rings is 2. The van der Waals surface area contributed by atoms with Gasteiger partial charge in [-0.15, -0.1) is 22.7 Å². The summed E-state index contributed by atoms with van der Waals surface area (Å²) >= 11 is 3.27. The molecule has 0 saturated heterocycles. The van der Waals surface area contributed by atoms with Gasteiger partial charge in [0.2, 0.25) is 0 Å². The lowest BCUT2D eigenvalue weighted by Gasteiger charge is -2.15. The third-order valence-corrected chi connectivity index (χ3v) is 5.44. The molecule has 0 N–H and O–H groups in total. The maximum absolute atomic E-state index is 12.5. The van der Waals surface area contributed by atoms with E-state index in [0.717, 1.165) is 15.0 Å². The SMILES string of the molecule is Cc1ccsc1CN(C)C(=O)c1cc2ccccc2s1. The van der Waals surface area contributed by atoms with Crippen LogP contribution < -0.4 is 0 Å². The number of carbonyl (C=O) groups excluding carboxylic acids is 1. The minimum absolute atomic E-state index is 0.0963. The number of benzene rings is 1. The van der Waals surface area contributed by atoms with Crippen molar-refractivity contribution in [2.75, 3.05) is 7.05 Å². The maximum Gasteiger partial charge on any atom is 0.264 e. The lowest BCUT2D eigenvalue weighted by atomic mass is 10.2. The van der Waals surface area contributed by atoms with Gasteiger partial charge in [-0.1, -0.05) is 18.2 Å². The molecule has 0 aliphatic heterocycles. The van der Waals surface area contributed by atoms with Crippen molar-refractivity contribution < 1.29 is 4.79 Å². The van der Waals surface area contributed by atoms with Crippen LogP contribution >= 0.6 is 22.7 Å². The summed E-state index contributed by atoms with van der Waals surface area (Å²) in [6.07, 6.45) is 0. The first-order chi connectivity index (χ1) is 9.65. The van der Waals surface area contributed by atoms with Crippen molar-refractivity contribution >= 4 is 38.7 Å². The van der Waals surface area contributed by atoms with Gasteiger partial charge in [0.1, 0.15) is 0 Å². The van der Waals surface area contributed by atoms with Crippen LogP contribution in [0.5, 0.6) is 0 Å². The normalized spacial score (nSPS) is 10.9. The van der Waals surface area contributed by atoms with Gasteiger partial charge in [0.15, 0.2) is 0 Å². The zero-order valence-corrected chi connectivity index (χ0v) is 13.1. The number of fused-ring (bicyclic) bond motifs is 1. The van der Waals surface area contributed by atoms with Crippen molar-refractivity contribution in [1.82, 2.24) is 4.90 Å². The molecule has 1 amide bonds. The highest BCUT2D eigenvalue weighted by Gasteiger charge is 2.16. The molecule has 0 saturated carbocycles. The predicted octanol–water partition coefficient (Wildman–Crippen LogP) is 4.54. The van der Waals surface area contributed by atoms with E-state index in [0.29, 0.717) is 6.54 Å². The van der Waals surface area contributed by atoms with E-state index in [2.05, 4.69) is 24.4 Å². The summed E-state index contributed by atoms with van der Waals surface area (Å²) in [5, 5.41) is 3.21. The molecule has 20 heavy (non-hydrogen) atoms. The summed E-state index contributed by atoms with van der Waals surface area (Å²) in [6.45, 7) is 2.76. The van der Waals surface area contributed by atoms with Gasteiger partial charge in [-0.05, 0) is 41.5 Å². The molecule has 0 aliphatic rings. The van der Waals surface area contributed by atoms with Crippen LogP contribution in [0.1, 0.15) is 20.1 Å². The molecule has 3 aromatic rings. The van der Waals surface area contributed by atoms with Crippen LogP contribution in [0.3, 0.4) is 0 Å². The Bertz CT molecular complexity index is 724. The smallest absolute Gasteiger partial charge is 0.264 e. The van der Waals surface area contributed by atoms with Gasteiger partial charge in [0.25, 0.3) is 5.91 Å². The average molecular weight is 301 g/mol. The van der Waals surface area contributed by atoms with Gasteiger partial charge in [0, 0.05) is 16.6 Å². The second-order valence-electron chi connectivity index (χ2n) is 4.84. The highest BCUT2D eigenvalue weighted by Crippen LogP contribution is 2.27. The fraction of sp³-hybridized carbons (Fsp3) is 0.188. The number of nitrogens with zero attached hydrogens (tertiary/aromatic N) is 1. The first kappa shape index (κ1) is 13.3. The van der Waals surface area contributed by atoms with E-state index in [4.69, 9.17) is 0 Å². The van der Waals surface area contributed by atoms with E-state index in [1.807, 2.05) is 31.3 Å². The molecule has 0 radical (unpaired) electrons. The van der Waals surface area contributed by atoms with Crippen LogP contribution in [0.15, 0.2) is 41.8 Å². The first-order valence-electron chi connectivity index (χ1n) is 6.42. The van der Waals surface area contributed by atoms with Crippen molar-refractivity contribution in [3.63, 3.8) is 0 Å². The van der Waals surface area contributed by atoms with Gasteiger partial charge < -0.3 is 4.90 Å². The number of carbonyl (C=O) groups is 1. The average Bonchev–Trinajstić information content (AvgIpc) is 3.04. The Labute approximate surface area is 126 Å². The Kier molecular flexibility index (Phi) is 3.59. The zero-order valence-electron chi connectivity index (χ0n) is 11.4. The van der Waals surface area contributed by atoms with Gasteiger partial charge in [-0.2, -0.15) is 0 Å². The summed E-state index contributed by atoms with van der Waals surface area (Å²) in [6, 6.07) is 12.2. The van der Waals surface area contributed by atoms with E-state index in [1.165, 1.54) is 10.4 Å². The van der Waals surface area contributed by atoms with Crippen LogP contribution in [0.25, 0.3) is 10.1 Å². The summed E-state index contributed by atoms with van der Waals surface area (Å²) in [5.41, 5.74) is 1.26. The van der Waals surface area contributed by atoms with Crippen molar-refractivity contribution in [3.8, 4) is 0 Å². The van der Waals surface area contributed by atoms with E-state index in [9.17, 15) is 4.79 Å². The Hall–Kier alpha value is -1.65. The second-order valence-corrected chi connectivity index (χ2v) is 6.92. The molecule has 2 aromatic heterocycles. The molecule has 0 bridgehead atoms. The third kappa shape index (κ3) is 2.49. The summed E-state index contributed by atoms with van der Waals surface area (Å²) in [4.78, 5) is 16.3.